The van der Waals surface area contributed by atoms with E-state index in [1.54, 1.807) is 0 Å². The predicted molar refractivity (Wildman–Crippen MR) is 87.7 cm³/mol. The normalized spacial score (nSPS) is 27.8. The van der Waals surface area contributed by atoms with Gasteiger partial charge in [0.2, 0.25) is 0 Å². The summed E-state index contributed by atoms with van der Waals surface area (Å²) < 4.78 is 6.17. The fourth-order valence-electron chi connectivity index (χ4n) is 3.76. The van der Waals surface area contributed by atoms with E-state index in [9.17, 15) is 0 Å². The smallest absolute Gasteiger partial charge is 0.127 e. The standard InChI is InChI=1S/C19H29NO/c1-14-6-4-9-17(11-10-14)20-13-16-8-5-7-15-12-19(2,3)21-18(15)16/h5,7-8,14,17,20H,4,6,9-13H2,1-3H3. The van der Waals surface area contributed by atoms with E-state index in [2.05, 4.69) is 44.3 Å². The number of hydrogen-bond donors (Lipinski definition) is 1. The van der Waals surface area contributed by atoms with Gasteiger partial charge in [0.25, 0.3) is 0 Å². The van der Waals surface area contributed by atoms with Crippen LogP contribution in [0.3, 0.4) is 0 Å². The second-order valence-electron chi connectivity index (χ2n) is 7.64. The molecule has 21 heavy (non-hydrogen) atoms. The zero-order chi connectivity index (χ0) is 14.9. The van der Waals surface area contributed by atoms with Crippen molar-refractivity contribution in [2.75, 3.05) is 0 Å². The summed E-state index contributed by atoms with van der Waals surface area (Å²) in [5.41, 5.74) is 2.65. The number of hydrogen-bond acceptors (Lipinski definition) is 2. The minimum atomic E-state index is -0.0454. The Morgan fingerprint density at radius 1 is 1.19 bits per heavy atom. The molecule has 0 amide bonds. The zero-order valence-corrected chi connectivity index (χ0v) is 13.7. The Kier molecular flexibility index (Phi) is 4.26. The number of fused-ring (bicyclic) bond motifs is 1. The molecule has 2 heteroatoms. The Morgan fingerprint density at radius 2 is 2.05 bits per heavy atom. The summed E-state index contributed by atoms with van der Waals surface area (Å²) in [6, 6.07) is 7.28. The Balaban J connectivity index is 1.63. The highest BCUT2D eigenvalue weighted by atomic mass is 16.5. The Labute approximate surface area is 129 Å². The van der Waals surface area contributed by atoms with Crippen LogP contribution in [0.25, 0.3) is 0 Å². The fourth-order valence-corrected chi connectivity index (χ4v) is 3.76. The van der Waals surface area contributed by atoms with Crippen molar-refractivity contribution in [3.8, 4) is 5.75 Å². The van der Waals surface area contributed by atoms with Crippen LogP contribution in [-0.2, 0) is 13.0 Å². The summed E-state index contributed by atoms with van der Waals surface area (Å²) >= 11 is 0. The van der Waals surface area contributed by atoms with Crippen molar-refractivity contribution >= 4 is 0 Å². The van der Waals surface area contributed by atoms with Gasteiger partial charge in [0.05, 0.1) is 0 Å². The van der Waals surface area contributed by atoms with Gasteiger partial charge >= 0.3 is 0 Å². The van der Waals surface area contributed by atoms with E-state index in [0.717, 1.165) is 24.6 Å². The number of rotatable bonds is 3. The van der Waals surface area contributed by atoms with Gasteiger partial charge < -0.3 is 10.1 Å². The van der Waals surface area contributed by atoms with Gasteiger partial charge in [-0.15, -0.1) is 0 Å². The summed E-state index contributed by atoms with van der Waals surface area (Å²) in [7, 11) is 0. The van der Waals surface area contributed by atoms with E-state index in [0.29, 0.717) is 6.04 Å². The molecule has 1 aromatic rings. The molecule has 1 aromatic carbocycles. The van der Waals surface area contributed by atoms with E-state index in [-0.39, 0.29) is 5.60 Å². The predicted octanol–water partition coefficient (Wildman–Crippen LogP) is 4.46. The highest BCUT2D eigenvalue weighted by Crippen LogP contribution is 2.37. The van der Waals surface area contributed by atoms with Gasteiger partial charge in [-0.3, -0.25) is 0 Å². The molecule has 0 aromatic heterocycles. The molecule has 1 saturated carbocycles. The first-order valence-electron chi connectivity index (χ1n) is 8.57. The first-order valence-corrected chi connectivity index (χ1v) is 8.57. The maximum absolute atomic E-state index is 6.17. The van der Waals surface area contributed by atoms with Crippen LogP contribution in [0.5, 0.6) is 5.75 Å². The monoisotopic (exact) mass is 287 g/mol. The molecule has 2 unspecified atom stereocenters. The Hall–Kier alpha value is -1.02. The highest BCUT2D eigenvalue weighted by Gasteiger charge is 2.31. The molecule has 0 radical (unpaired) electrons. The fraction of sp³-hybridized carbons (Fsp3) is 0.684. The maximum atomic E-state index is 6.17. The third-order valence-electron chi connectivity index (χ3n) is 5.01. The molecule has 0 spiro atoms. The average Bonchev–Trinajstić information content (AvgIpc) is 2.60. The summed E-state index contributed by atoms with van der Waals surface area (Å²) in [6.45, 7) is 7.69. The van der Waals surface area contributed by atoms with E-state index in [4.69, 9.17) is 4.74 Å². The molecule has 2 nitrogen and oxygen atoms in total. The topological polar surface area (TPSA) is 21.3 Å². The van der Waals surface area contributed by atoms with E-state index in [1.807, 2.05) is 0 Å². The van der Waals surface area contributed by atoms with Gasteiger partial charge in [0, 0.05) is 24.6 Å². The number of nitrogens with one attached hydrogen (secondary N) is 1. The van der Waals surface area contributed by atoms with Crippen LogP contribution in [0.2, 0.25) is 0 Å². The number of benzene rings is 1. The summed E-state index contributed by atoms with van der Waals surface area (Å²) in [4.78, 5) is 0. The first kappa shape index (κ1) is 14.9. The quantitative estimate of drug-likeness (QED) is 0.829. The van der Waals surface area contributed by atoms with Crippen molar-refractivity contribution < 1.29 is 4.74 Å². The molecule has 3 rings (SSSR count). The molecular weight excluding hydrogens is 258 g/mol. The lowest BCUT2D eigenvalue weighted by atomic mass is 10.0. The van der Waals surface area contributed by atoms with E-state index < -0.39 is 0 Å². The molecule has 116 valence electrons. The van der Waals surface area contributed by atoms with Crippen LogP contribution in [0.1, 0.15) is 64.0 Å². The minimum Gasteiger partial charge on any atom is -0.487 e. The van der Waals surface area contributed by atoms with E-state index >= 15 is 0 Å². The lowest BCUT2D eigenvalue weighted by Gasteiger charge is -2.20. The molecule has 0 bridgehead atoms. The third-order valence-corrected chi connectivity index (χ3v) is 5.01. The molecule has 1 aliphatic heterocycles. The molecule has 2 atom stereocenters. The Morgan fingerprint density at radius 3 is 2.90 bits per heavy atom. The number of ether oxygens (including phenoxy) is 1. The second-order valence-corrected chi connectivity index (χ2v) is 7.64. The largest absolute Gasteiger partial charge is 0.487 e. The van der Waals surface area contributed by atoms with Crippen LogP contribution in [0, 0.1) is 5.92 Å². The van der Waals surface area contributed by atoms with Gasteiger partial charge in [0.15, 0.2) is 0 Å². The van der Waals surface area contributed by atoms with Crippen molar-refractivity contribution in [3.05, 3.63) is 29.3 Å². The van der Waals surface area contributed by atoms with Crippen LogP contribution < -0.4 is 10.1 Å². The van der Waals surface area contributed by atoms with Gasteiger partial charge in [0.1, 0.15) is 11.4 Å². The summed E-state index contributed by atoms with van der Waals surface area (Å²) in [5.74, 6) is 2.04. The van der Waals surface area contributed by atoms with Crippen LogP contribution in [-0.4, -0.2) is 11.6 Å². The molecule has 2 aliphatic rings. The van der Waals surface area contributed by atoms with Crippen molar-refractivity contribution in [3.63, 3.8) is 0 Å². The molecule has 1 heterocycles. The van der Waals surface area contributed by atoms with Crippen molar-refractivity contribution in [1.29, 1.82) is 0 Å². The van der Waals surface area contributed by atoms with Crippen LogP contribution >= 0.6 is 0 Å². The molecule has 1 fully saturated rings. The molecular formula is C19H29NO. The lowest BCUT2D eigenvalue weighted by molar-refractivity contribution is 0.137. The van der Waals surface area contributed by atoms with Crippen LogP contribution in [0.15, 0.2) is 18.2 Å². The van der Waals surface area contributed by atoms with Gasteiger partial charge in [-0.2, -0.15) is 0 Å². The lowest BCUT2D eigenvalue weighted by Crippen LogP contribution is -2.28. The maximum Gasteiger partial charge on any atom is 0.127 e. The summed E-state index contributed by atoms with van der Waals surface area (Å²) in [6.07, 6.45) is 7.81. The molecule has 1 aliphatic carbocycles. The van der Waals surface area contributed by atoms with Gasteiger partial charge in [-0.25, -0.2) is 0 Å². The SMILES string of the molecule is CC1CCCC(NCc2cccc3c2OC(C)(C)C3)CC1. The van der Waals surface area contributed by atoms with Crippen LogP contribution in [0.4, 0.5) is 0 Å². The highest BCUT2D eigenvalue weighted by molar-refractivity contribution is 5.45. The third kappa shape index (κ3) is 3.60. The molecule has 1 N–H and O–H groups in total. The van der Waals surface area contributed by atoms with Crippen molar-refractivity contribution in [1.82, 2.24) is 5.32 Å². The van der Waals surface area contributed by atoms with Crippen molar-refractivity contribution in [2.45, 2.75) is 77.5 Å². The van der Waals surface area contributed by atoms with E-state index in [1.165, 1.54) is 43.2 Å². The first-order chi connectivity index (χ1) is 10.0. The summed E-state index contributed by atoms with van der Waals surface area (Å²) in [5, 5.41) is 3.78. The van der Waals surface area contributed by atoms with Gasteiger partial charge in [-0.1, -0.05) is 38.0 Å². The second kappa shape index (κ2) is 6.00. The van der Waals surface area contributed by atoms with Gasteiger partial charge in [-0.05, 0) is 44.6 Å². The molecule has 0 saturated heterocycles. The zero-order valence-electron chi connectivity index (χ0n) is 13.7. The average molecular weight is 287 g/mol. The minimum absolute atomic E-state index is 0.0454. The van der Waals surface area contributed by atoms with Crippen molar-refractivity contribution in [2.24, 2.45) is 5.92 Å². The Bertz CT molecular complexity index is 494. The number of para-hydroxylation sites is 1.